The number of benzene rings is 9. The predicted octanol–water partition coefficient (Wildman–Crippen LogP) is 13.0. The van der Waals surface area contributed by atoms with E-state index in [1.54, 1.807) is 0 Å². The third-order valence-electron chi connectivity index (χ3n) is 12.2. The van der Waals surface area contributed by atoms with E-state index in [4.69, 9.17) is 14.4 Å². The molecule has 0 saturated carbocycles. The summed E-state index contributed by atoms with van der Waals surface area (Å²) in [7, 11) is 0. The highest BCUT2D eigenvalue weighted by Crippen LogP contribution is 2.65. The number of furan rings is 1. The lowest BCUT2D eigenvalue weighted by atomic mass is 9.70. The molecule has 0 N–H and O–H groups in total. The smallest absolute Gasteiger partial charge is 0.144 e. The van der Waals surface area contributed by atoms with Gasteiger partial charge in [-0.15, -0.1) is 0 Å². The average molecular weight is 685 g/mol. The van der Waals surface area contributed by atoms with Crippen LogP contribution < -0.4 is 0 Å². The van der Waals surface area contributed by atoms with Crippen LogP contribution in [0.15, 0.2) is 174 Å². The Morgan fingerprint density at radius 2 is 1.00 bits per heavy atom. The van der Waals surface area contributed by atoms with E-state index in [2.05, 4.69) is 152 Å². The third kappa shape index (κ3) is 3.38. The van der Waals surface area contributed by atoms with Gasteiger partial charge in [-0.1, -0.05) is 140 Å². The van der Waals surface area contributed by atoms with Gasteiger partial charge in [0.05, 0.1) is 27.8 Å². The van der Waals surface area contributed by atoms with E-state index in [0.717, 1.165) is 44.7 Å². The summed E-state index contributed by atoms with van der Waals surface area (Å²) < 4.78 is 7.08. The molecule has 11 aromatic rings. The standard InChI is InChI=1S/C51H28N2O/c1-2-13-29(14-3-1)48-49(53-43-23-11-10-22-42(43)52-48)30-25-26-36-40(27-30)51(38-20-8-6-17-33(38)34-18-7-9-21-39(34)51)41-28-37-32-16-5-4-15-31(32)35-19-12-24-44-46(35)47(37)50(54-44)45(36)41/h1-28H. The Hall–Kier alpha value is -7.10. The number of hydrogen-bond donors (Lipinski definition) is 0. The SMILES string of the molecule is c1ccc(-c2nc3ccccc3nc2-c2ccc3c(c2)C2(c4ccccc4-c4ccccc42)c2cc4c5ccccc5c5cccc6oc(c2-3)c4c65)cc1. The molecule has 2 aliphatic carbocycles. The number of fused-ring (bicyclic) bond motifs is 15. The first-order valence-electron chi connectivity index (χ1n) is 18.6. The lowest BCUT2D eigenvalue weighted by Gasteiger charge is -2.31. The maximum Gasteiger partial charge on any atom is 0.144 e. The van der Waals surface area contributed by atoms with Crippen molar-refractivity contribution in [3.63, 3.8) is 0 Å². The van der Waals surface area contributed by atoms with Gasteiger partial charge in [-0.3, -0.25) is 0 Å². The first-order chi connectivity index (χ1) is 26.8. The molecule has 0 fully saturated rings. The number of nitrogens with zero attached hydrogens (tertiary/aromatic N) is 2. The Bertz CT molecular complexity index is 3350. The molecule has 0 unspecified atom stereocenters. The second-order valence-electron chi connectivity index (χ2n) is 14.8. The lowest BCUT2D eigenvalue weighted by molar-refractivity contribution is 0.669. The van der Waals surface area contributed by atoms with E-state index in [-0.39, 0.29) is 0 Å². The highest BCUT2D eigenvalue weighted by atomic mass is 16.3. The maximum atomic E-state index is 7.08. The summed E-state index contributed by atoms with van der Waals surface area (Å²) in [5, 5.41) is 7.37. The number of para-hydroxylation sites is 2. The molecule has 0 atom stereocenters. The fraction of sp³-hybridized carbons (Fsp3) is 0.0196. The lowest BCUT2D eigenvalue weighted by Crippen LogP contribution is -2.26. The molecule has 248 valence electrons. The summed E-state index contributed by atoms with van der Waals surface area (Å²) >= 11 is 0. The van der Waals surface area contributed by atoms with Crippen LogP contribution >= 0.6 is 0 Å². The molecule has 0 saturated heterocycles. The quantitative estimate of drug-likeness (QED) is 0.170. The van der Waals surface area contributed by atoms with Crippen molar-refractivity contribution < 1.29 is 4.42 Å². The first kappa shape index (κ1) is 28.5. The Morgan fingerprint density at radius 3 is 1.74 bits per heavy atom. The van der Waals surface area contributed by atoms with Gasteiger partial charge < -0.3 is 4.42 Å². The van der Waals surface area contributed by atoms with Crippen LogP contribution in [0, 0.1) is 0 Å². The topological polar surface area (TPSA) is 38.9 Å². The first-order valence-corrected chi connectivity index (χ1v) is 18.6. The molecule has 13 rings (SSSR count). The molecule has 54 heavy (non-hydrogen) atoms. The fourth-order valence-corrected chi connectivity index (χ4v) is 10.1. The Morgan fingerprint density at radius 1 is 0.389 bits per heavy atom. The monoisotopic (exact) mass is 684 g/mol. The van der Waals surface area contributed by atoms with Gasteiger partial charge in [-0.05, 0) is 90.8 Å². The largest absolute Gasteiger partial charge is 0.455 e. The van der Waals surface area contributed by atoms with Gasteiger partial charge in [0.1, 0.15) is 11.2 Å². The van der Waals surface area contributed by atoms with Crippen molar-refractivity contribution in [2.45, 2.75) is 5.41 Å². The number of aromatic nitrogens is 2. The van der Waals surface area contributed by atoms with Crippen LogP contribution in [-0.2, 0) is 5.41 Å². The van der Waals surface area contributed by atoms with E-state index in [0.29, 0.717) is 0 Å². The molecule has 0 radical (unpaired) electrons. The molecule has 1 spiro atoms. The van der Waals surface area contributed by atoms with Crippen molar-refractivity contribution in [3.05, 3.63) is 192 Å². The van der Waals surface area contributed by atoms with Gasteiger partial charge in [0, 0.05) is 27.5 Å². The van der Waals surface area contributed by atoms with Gasteiger partial charge in [0.25, 0.3) is 0 Å². The molecule has 2 aromatic heterocycles. The van der Waals surface area contributed by atoms with E-state index in [1.165, 1.54) is 76.8 Å². The Kier molecular flexibility index (Phi) is 5.31. The summed E-state index contributed by atoms with van der Waals surface area (Å²) in [5.41, 5.74) is 16.9. The van der Waals surface area contributed by atoms with Crippen LogP contribution in [0.1, 0.15) is 22.3 Å². The molecule has 3 nitrogen and oxygen atoms in total. The van der Waals surface area contributed by atoms with Gasteiger partial charge in [-0.2, -0.15) is 0 Å². The summed E-state index contributed by atoms with van der Waals surface area (Å²) in [6.07, 6.45) is 0. The van der Waals surface area contributed by atoms with E-state index < -0.39 is 5.41 Å². The van der Waals surface area contributed by atoms with Crippen molar-refractivity contribution in [1.29, 1.82) is 0 Å². The molecule has 0 amide bonds. The summed E-state index contributed by atoms with van der Waals surface area (Å²) in [6.45, 7) is 0. The summed E-state index contributed by atoms with van der Waals surface area (Å²) in [4.78, 5) is 10.6. The van der Waals surface area contributed by atoms with Crippen molar-refractivity contribution in [1.82, 2.24) is 9.97 Å². The second kappa shape index (κ2) is 10.1. The minimum absolute atomic E-state index is 0.579. The van der Waals surface area contributed by atoms with E-state index in [1.807, 2.05) is 18.2 Å². The third-order valence-corrected chi connectivity index (χ3v) is 12.2. The zero-order valence-electron chi connectivity index (χ0n) is 29.0. The zero-order valence-corrected chi connectivity index (χ0v) is 29.0. The maximum absolute atomic E-state index is 7.08. The predicted molar refractivity (Wildman–Crippen MR) is 220 cm³/mol. The summed E-state index contributed by atoms with van der Waals surface area (Å²) in [5.74, 6) is 0. The van der Waals surface area contributed by atoms with E-state index in [9.17, 15) is 0 Å². The Balaban J connectivity index is 1.21. The van der Waals surface area contributed by atoms with Gasteiger partial charge >= 0.3 is 0 Å². The Labute approximate surface area is 310 Å². The number of rotatable bonds is 2. The van der Waals surface area contributed by atoms with Crippen LogP contribution in [-0.4, -0.2) is 9.97 Å². The van der Waals surface area contributed by atoms with Crippen molar-refractivity contribution in [2.75, 3.05) is 0 Å². The highest BCUT2D eigenvalue weighted by Gasteiger charge is 2.53. The average Bonchev–Trinajstić information content (AvgIpc) is 3.87. The van der Waals surface area contributed by atoms with Crippen LogP contribution in [0.2, 0.25) is 0 Å². The zero-order chi connectivity index (χ0) is 35.1. The molecular formula is C51H28N2O. The highest BCUT2D eigenvalue weighted by molar-refractivity contribution is 6.35. The van der Waals surface area contributed by atoms with Crippen LogP contribution in [0.4, 0.5) is 0 Å². The molecule has 9 aromatic carbocycles. The normalized spacial score (nSPS) is 13.7. The number of hydrogen-bond acceptors (Lipinski definition) is 3. The molecule has 2 aliphatic rings. The summed E-state index contributed by atoms with van der Waals surface area (Å²) in [6, 6.07) is 61.4. The van der Waals surface area contributed by atoms with Crippen molar-refractivity contribution in [2.24, 2.45) is 0 Å². The van der Waals surface area contributed by atoms with Crippen LogP contribution in [0.25, 0.3) is 99.3 Å². The molecule has 2 heterocycles. The van der Waals surface area contributed by atoms with Gasteiger partial charge in [-0.25, -0.2) is 9.97 Å². The molecular weight excluding hydrogens is 657 g/mol. The minimum Gasteiger partial charge on any atom is -0.455 e. The minimum atomic E-state index is -0.579. The van der Waals surface area contributed by atoms with Crippen LogP contribution in [0.5, 0.6) is 0 Å². The van der Waals surface area contributed by atoms with Crippen molar-refractivity contribution in [3.8, 4) is 44.8 Å². The van der Waals surface area contributed by atoms with Gasteiger partial charge in [0.2, 0.25) is 0 Å². The van der Waals surface area contributed by atoms with E-state index >= 15 is 0 Å². The fourth-order valence-electron chi connectivity index (χ4n) is 10.1. The second-order valence-corrected chi connectivity index (χ2v) is 14.8. The van der Waals surface area contributed by atoms with Gasteiger partial charge in [0.15, 0.2) is 0 Å². The van der Waals surface area contributed by atoms with Crippen molar-refractivity contribution >= 4 is 54.5 Å². The van der Waals surface area contributed by atoms with Crippen LogP contribution in [0.3, 0.4) is 0 Å². The molecule has 3 heteroatoms. The molecule has 0 aliphatic heterocycles. The molecule has 0 bridgehead atoms.